The third-order valence-corrected chi connectivity index (χ3v) is 4.88. The highest BCUT2D eigenvalue weighted by Crippen LogP contribution is 2.34. The van der Waals surface area contributed by atoms with Gasteiger partial charge in [-0.2, -0.15) is 4.98 Å². The topological polar surface area (TPSA) is 119 Å². The van der Waals surface area contributed by atoms with E-state index in [-0.39, 0.29) is 28.1 Å². The number of carbonyl (C=O) groups excluding carboxylic acids is 3. The standard InChI is InChI=1S/C16H16N6O4S/c1-8-9(15(25)26-4)13(27-10(8)14(24)21(2)3)19-12(23)11-18-16-17-6-5-7-22(16)20-11/h5-7H,1-4H3,(H,19,23). The lowest BCUT2D eigenvalue weighted by Gasteiger charge is -2.08. The maximum absolute atomic E-state index is 12.6. The smallest absolute Gasteiger partial charge is 0.341 e. The molecule has 0 spiro atoms. The van der Waals surface area contributed by atoms with Crippen LogP contribution in [0.1, 0.15) is 36.2 Å². The van der Waals surface area contributed by atoms with Crippen LogP contribution in [0.2, 0.25) is 0 Å². The van der Waals surface area contributed by atoms with E-state index in [9.17, 15) is 14.4 Å². The number of nitrogens with one attached hydrogen (secondary N) is 1. The second kappa shape index (κ2) is 7.11. The Bertz CT molecular complexity index is 1020. The fourth-order valence-electron chi connectivity index (χ4n) is 2.34. The van der Waals surface area contributed by atoms with Crippen molar-refractivity contribution in [2.45, 2.75) is 6.92 Å². The molecule has 3 heterocycles. The maximum atomic E-state index is 12.6. The Morgan fingerprint density at radius 1 is 1.30 bits per heavy atom. The maximum Gasteiger partial charge on any atom is 0.341 e. The summed E-state index contributed by atoms with van der Waals surface area (Å²) < 4.78 is 6.15. The van der Waals surface area contributed by atoms with Crippen LogP contribution in [0.4, 0.5) is 5.00 Å². The number of aromatic nitrogens is 4. The van der Waals surface area contributed by atoms with Crippen LogP contribution < -0.4 is 5.32 Å². The molecule has 140 valence electrons. The summed E-state index contributed by atoms with van der Waals surface area (Å²) in [6.45, 7) is 1.63. The van der Waals surface area contributed by atoms with Crippen LogP contribution in [0.15, 0.2) is 18.5 Å². The molecule has 3 rings (SSSR count). The van der Waals surface area contributed by atoms with Crippen molar-refractivity contribution in [1.82, 2.24) is 24.5 Å². The van der Waals surface area contributed by atoms with E-state index in [1.165, 1.54) is 22.7 Å². The van der Waals surface area contributed by atoms with Crippen molar-refractivity contribution in [2.75, 3.05) is 26.5 Å². The van der Waals surface area contributed by atoms with Gasteiger partial charge in [0.05, 0.1) is 17.6 Å². The fourth-order valence-corrected chi connectivity index (χ4v) is 3.56. The van der Waals surface area contributed by atoms with Crippen LogP contribution >= 0.6 is 11.3 Å². The number of fused-ring (bicyclic) bond motifs is 1. The minimum absolute atomic E-state index is 0.115. The van der Waals surface area contributed by atoms with Gasteiger partial charge in [-0.3, -0.25) is 9.59 Å². The molecule has 11 heteroatoms. The van der Waals surface area contributed by atoms with Crippen molar-refractivity contribution in [1.29, 1.82) is 0 Å². The van der Waals surface area contributed by atoms with Gasteiger partial charge in [0, 0.05) is 26.5 Å². The highest BCUT2D eigenvalue weighted by atomic mass is 32.1. The summed E-state index contributed by atoms with van der Waals surface area (Å²) in [6.07, 6.45) is 3.14. The van der Waals surface area contributed by atoms with E-state index in [0.717, 1.165) is 11.3 Å². The molecule has 0 fully saturated rings. The molecule has 0 atom stereocenters. The zero-order valence-corrected chi connectivity index (χ0v) is 15.8. The van der Waals surface area contributed by atoms with Gasteiger partial charge in [0.15, 0.2) is 0 Å². The Labute approximate surface area is 157 Å². The highest BCUT2D eigenvalue weighted by Gasteiger charge is 2.28. The van der Waals surface area contributed by atoms with Gasteiger partial charge in [0.25, 0.3) is 17.6 Å². The Balaban J connectivity index is 1.99. The van der Waals surface area contributed by atoms with E-state index in [0.29, 0.717) is 10.4 Å². The first-order valence-electron chi connectivity index (χ1n) is 7.75. The molecule has 0 aliphatic heterocycles. The average molecular weight is 388 g/mol. The molecule has 0 aliphatic carbocycles. The van der Waals surface area contributed by atoms with E-state index in [2.05, 4.69) is 20.4 Å². The minimum atomic E-state index is -0.651. The SMILES string of the molecule is COC(=O)c1c(NC(=O)c2nc3ncccn3n2)sc(C(=O)N(C)C)c1C. The third kappa shape index (κ3) is 3.36. The molecule has 2 amide bonds. The number of methoxy groups -OCH3 is 1. The normalized spacial score (nSPS) is 10.7. The van der Waals surface area contributed by atoms with Crippen LogP contribution in [-0.2, 0) is 4.74 Å². The Kier molecular flexibility index (Phi) is 4.86. The zero-order valence-electron chi connectivity index (χ0n) is 15.0. The second-order valence-electron chi connectivity index (χ2n) is 5.71. The van der Waals surface area contributed by atoms with Gasteiger partial charge in [-0.1, -0.05) is 0 Å². The largest absolute Gasteiger partial charge is 0.465 e. The second-order valence-corrected chi connectivity index (χ2v) is 6.73. The molecule has 0 radical (unpaired) electrons. The van der Waals surface area contributed by atoms with Gasteiger partial charge in [0.1, 0.15) is 5.00 Å². The summed E-state index contributed by atoms with van der Waals surface area (Å²) in [5.41, 5.74) is 0.563. The van der Waals surface area contributed by atoms with Gasteiger partial charge >= 0.3 is 5.97 Å². The summed E-state index contributed by atoms with van der Waals surface area (Å²) >= 11 is 0.994. The number of nitrogens with zero attached hydrogens (tertiary/aromatic N) is 5. The monoisotopic (exact) mass is 388 g/mol. The Morgan fingerprint density at radius 3 is 2.67 bits per heavy atom. The van der Waals surface area contributed by atoms with Gasteiger partial charge < -0.3 is 15.0 Å². The van der Waals surface area contributed by atoms with Crippen molar-refractivity contribution >= 4 is 39.9 Å². The predicted molar refractivity (Wildman–Crippen MR) is 97.1 cm³/mol. The van der Waals surface area contributed by atoms with Gasteiger partial charge in [0.2, 0.25) is 5.82 Å². The first kappa shape index (κ1) is 18.5. The van der Waals surface area contributed by atoms with E-state index in [1.54, 1.807) is 33.3 Å². The average Bonchev–Trinajstić information content (AvgIpc) is 3.21. The first-order chi connectivity index (χ1) is 12.8. The third-order valence-electron chi connectivity index (χ3n) is 3.68. The van der Waals surface area contributed by atoms with Crippen molar-refractivity contribution in [3.8, 4) is 0 Å². The molecule has 1 N–H and O–H groups in total. The highest BCUT2D eigenvalue weighted by molar-refractivity contribution is 7.18. The molecule has 10 nitrogen and oxygen atoms in total. The summed E-state index contributed by atoms with van der Waals surface area (Å²) in [4.78, 5) is 46.8. The lowest BCUT2D eigenvalue weighted by molar-refractivity contribution is 0.0601. The van der Waals surface area contributed by atoms with Crippen molar-refractivity contribution in [3.63, 3.8) is 0 Å². The molecule has 0 saturated carbocycles. The number of carbonyl (C=O) groups is 3. The van der Waals surface area contributed by atoms with Crippen molar-refractivity contribution in [3.05, 3.63) is 40.3 Å². The number of hydrogen-bond acceptors (Lipinski definition) is 8. The van der Waals surface area contributed by atoms with Gasteiger partial charge in [-0.25, -0.2) is 14.3 Å². The Morgan fingerprint density at radius 2 is 2.04 bits per heavy atom. The van der Waals surface area contributed by atoms with E-state index in [4.69, 9.17) is 4.74 Å². The van der Waals surface area contributed by atoms with Crippen LogP contribution in [0.5, 0.6) is 0 Å². The minimum Gasteiger partial charge on any atom is -0.465 e. The summed E-state index contributed by atoms with van der Waals surface area (Å²) in [6, 6.07) is 1.65. The van der Waals surface area contributed by atoms with Gasteiger partial charge in [-0.05, 0) is 18.6 Å². The zero-order chi connectivity index (χ0) is 19.7. The number of hydrogen-bond donors (Lipinski definition) is 1. The fraction of sp³-hybridized carbons (Fsp3) is 0.250. The lowest BCUT2D eigenvalue weighted by atomic mass is 10.1. The van der Waals surface area contributed by atoms with Crippen LogP contribution in [-0.4, -0.2) is 63.5 Å². The van der Waals surface area contributed by atoms with Crippen molar-refractivity contribution in [2.24, 2.45) is 0 Å². The van der Waals surface area contributed by atoms with Crippen molar-refractivity contribution < 1.29 is 19.1 Å². The number of amides is 2. The molecule has 0 bridgehead atoms. The first-order valence-corrected chi connectivity index (χ1v) is 8.57. The number of esters is 1. The van der Waals surface area contributed by atoms with Crippen LogP contribution in [0.25, 0.3) is 5.78 Å². The molecule has 3 aromatic heterocycles. The summed E-state index contributed by atoms with van der Waals surface area (Å²) in [5, 5.41) is 6.84. The van der Waals surface area contributed by atoms with E-state index in [1.807, 2.05) is 0 Å². The van der Waals surface area contributed by atoms with Crippen LogP contribution in [0.3, 0.4) is 0 Å². The number of ether oxygens (including phenoxy) is 1. The van der Waals surface area contributed by atoms with Crippen LogP contribution in [0, 0.1) is 6.92 Å². The summed E-state index contributed by atoms with van der Waals surface area (Å²) in [7, 11) is 4.43. The van der Waals surface area contributed by atoms with E-state index >= 15 is 0 Å². The molecule has 0 aliphatic rings. The molecule has 0 aromatic carbocycles. The molecule has 0 saturated heterocycles. The molecular formula is C16H16N6O4S. The van der Waals surface area contributed by atoms with E-state index < -0.39 is 11.9 Å². The molecule has 0 unspecified atom stereocenters. The molecular weight excluding hydrogens is 372 g/mol. The summed E-state index contributed by atoms with van der Waals surface area (Å²) in [5.74, 6) is -1.41. The number of anilines is 1. The number of thiophene rings is 1. The Hall–Kier alpha value is -3.34. The quantitative estimate of drug-likeness (QED) is 0.668. The molecule has 3 aromatic rings. The molecule has 27 heavy (non-hydrogen) atoms. The van der Waals surface area contributed by atoms with Gasteiger partial charge in [-0.15, -0.1) is 16.4 Å². The predicted octanol–water partition coefficient (Wildman–Crippen LogP) is 1.23. The lowest BCUT2D eigenvalue weighted by Crippen LogP contribution is -2.21. The number of rotatable bonds is 4.